The van der Waals surface area contributed by atoms with E-state index in [1.807, 2.05) is 0 Å². The van der Waals surface area contributed by atoms with E-state index < -0.39 is 9.80 Å². The monoisotopic (exact) mass is 320 g/mol. The van der Waals surface area contributed by atoms with Gasteiger partial charge in [-0.25, -0.2) is 0 Å². The van der Waals surface area contributed by atoms with Gasteiger partial charge in [-0.15, -0.1) is 11.6 Å². The van der Waals surface area contributed by atoms with Gasteiger partial charge in [0.25, 0.3) is 5.69 Å². The van der Waals surface area contributed by atoms with Crippen LogP contribution in [0.4, 0.5) is 11.4 Å². The minimum atomic E-state index is -1.03. The first-order valence-corrected chi connectivity index (χ1v) is 5.83. The van der Waals surface area contributed by atoms with E-state index >= 15 is 0 Å². The first-order chi connectivity index (χ1) is 7.71. The van der Waals surface area contributed by atoms with Crippen molar-refractivity contribution in [3.63, 3.8) is 0 Å². The zero-order valence-electron chi connectivity index (χ0n) is 9.16. The van der Waals surface area contributed by atoms with Crippen molar-refractivity contribution in [1.82, 2.24) is 0 Å². The van der Waals surface area contributed by atoms with Crippen LogP contribution in [0.1, 0.15) is 13.8 Å². The van der Waals surface area contributed by atoms with Gasteiger partial charge in [-0.05, 0) is 41.9 Å². The molecule has 17 heavy (non-hydrogen) atoms. The van der Waals surface area contributed by atoms with E-state index in [1.54, 1.807) is 13.8 Å². The molecule has 0 aliphatic heterocycles. The molecule has 0 atom stereocenters. The first-order valence-electron chi connectivity index (χ1n) is 4.66. The van der Waals surface area contributed by atoms with Gasteiger partial charge in [-0.2, -0.15) is 0 Å². The molecule has 1 aromatic rings. The van der Waals surface area contributed by atoms with Crippen molar-refractivity contribution >= 4 is 44.8 Å². The third-order valence-corrected chi connectivity index (χ3v) is 2.75. The van der Waals surface area contributed by atoms with Crippen molar-refractivity contribution in [2.75, 3.05) is 5.32 Å². The van der Waals surface area contributed by atoms with Gasteiger partial charge >= 0.3 is 0 Å². The maximum Gasteiger partial charge on any atom is 0.283 e. The summed E-state index contributed by atoms with van der Waals surface area (Å²) >= 11 is 8.89. The molecule has 0 saturated carbocycles. The third kappa shape index (κ3) is 3.67. The number of rotatable bonds is 3. The first kappa shape index (κ1) is 13.9. The van der Waals surface area contributed by atoms with Crippen LogP contribution >= 0.6 is 27.5 Å². The Balaban J connectivity index is 2.92. The van der Waals surface area contributed by atoms with E-state index in [9.17, 15) is 14.9 Å². The molecule has 0 fully saturated rings. The number of nitrogens with zero attached hydrogens (tertiary/aromatic N) is 1. The molecule has 1 rings (SSSR count). The molecule has 0 aliphatic carbocycles. The van der Waals surface area contributed by atoms with Crippen molar-refractivity contribution in [3.8, 4) is 0 Å². The molecule has 0 heterocycles. The molecule has 0 bridgehead atoms. The Hall–Kier alpha value is -1.14. The Morgan fingerprint density at radius 3 is 2.53 bits per heavy atom. The molecule has 1 aromatic carbocycles. The molecule has 7 heteroatoms. The van der Waals surface area contributed by atoms with Crippen molar-refractivity contribution in [3.05, 3.63) is 32.8 Å². The number of nitrogens with one attached hydrogen (secondary N) is 1. The number of hydrogen-bond donors (Lipinski definition) is 1. The van der Waals surface area contributed by atoms with Crippen molar-refractivity contribution in [1.29, 1.82) is 0 Å². The van der Waals surface area contributed by atoms with Crippen molar-refractivity contribution in [2.24, 2.45) is 0 Å². The van der Waals surface area contributed by atoms with E-state index in [0.29, 0.717) is 10.2 Å². The Kier molecular flexibility index (Phi) is 4.11. The van der Waals surface area contributed by atoms with Gasteiger partial charge in [0.2, 0.25) is 5.91 Å². The SMILES string of the molecule is CC(C)(Cl)C(=O)Nc1ccc([N+](=O)[O-])c(Br)c1. The normalized spacial score (nSPS) is 11.1. The quantitative estimate of drug-likeness (QED) is 0.527. The number of nitro benzene ring substituents is 1. The van der Waals surface area contributed by atoms with Crippen LogP contribution in [-0.4, -0.2) is 15.7 Å². The fourth-order valence-corrected chi connectivity index (χ4v) is 1.58. The van der Waals surface area contributed by atoms with Gasteiger partial charge in [0.05, 0.1) is 9.40 Å². The summed E-state index contributed by atoms with van der Waals surface area (Å²) in [6.07, 6.45) is 0. The van der Waals surface area contributed by atoms with Gasteiger partial charge in [-0.3, -0.25) is 14.9 Å². The van der Waals surface area contributed by atoms with Crippen LogP contribution in [-0.2, 0) is 4.79 Å². The summed E-state index contributed by atoms with van der Waals surface area (Å²) in [5.41, 5.74) is 0.384. The van der Waals surface area contributed by atoms with E-state index in [0.717, 1.165) is 0 Å². The fourth-order valence-electron chi connectivity index (χ4n) is 1.01. The lowest BCUT2D eigenvalue weighted by Crippen LogP contribution is -2.31. The van der Waals surface area contributed by atoms with Crippen molar-refractivity contribution in [2.45, 2.75) is 18.7 Å². The second kappa shape index (κ2) is 5.01. The molecular formula is C10H10BrClN2O3. The number of nitro groups is 1. The van der Waals surface area contributed by atoms with E-state index in [2.05, 4.69) is 21.2 Å². The Labute approximate surface area is 111 Å². The molecule has 0 unspecified atom stereocenters. The predicted octanol–water partition coefficient (Wildman–Crippen LogP) is 3.31. The van der Waals surface area contributed by atoms with E-state index in [-0.39, 0.29) is 11.6 Å². The molecule has 0 spiro atoms. The summed E-state index contributed by atoms with van der Waals surface area (Å²) < 4.78 is 0.299. The maximum absolute atomic E-state index is 11.6. The number of halogens is 2. The standard InChI is InChI=1S/C10H10BrClN2O3/c1-10(2,12)9(15)13-6-3-4-8(14(16)17)7(11)5-6/h3-5H,1-2H3,(H,13,15). The molecule has 0 saturated heterocycles. The van der Waals surface area contributed by atoms with Gasteiger partial charge < -0.3 is 5.32 Å². The Morgan fingerprint density at radius 1 is 1.53 bits per heavy atom. The predicted molar refractivity (Wildman–Crippen MR) is 69.4 cm³/mol. The topological polar surface area (TPSA) is 72.2 Å². The second-order valence-electron chi connectivity index (χ2n) is 3.85. The molecule has 1 N–H and O–H groups in total. The molecule has 0 aliphatic rings. The van der Waals surface area contributed by atoms with Crippen LogP contribution in [0.25, 0.3) is 0 Å². The number of anilines is 1. The number of amides is 1. The van der Waals surface area contributed by atoms with Crippen LogP contribution in [0, 0.1) is 10.1 Å². The summed E-state index contributed by atoms with van der Waals surface area (Å²) in [4.78, 5) is 20.6. The molecule has 5 nitrogen and oxygen atoms in total. The lowest BCUT2D eigenvalue weighted by atomic mass is 10.2. The average molecular weight is 322 g/mol. The highest BCUT2D eigenvalue weighted by atomic mass is 79.9. The highest BCUT2D eigenvalue weighted by Gasteiger charge is 2.24. The third-order valence-electron chi connectivity index (χ3n) is 1.94. The molecule has 0 radical (unpaired) electrons. The molecule has 92 valence electrons. The van der Waals surface area contributed by atoms with Gasteiger partial charge in [0.1, 0.15) is 4.87 Å². The summed E-state index contributed by atoms with van der Waals surface area (Å²) in [5.74, 6) is -0.375. The lowest BCUT2D eigenvalue weighted by molar-refractivity contribution is -0.385. The Bertz CT molecular complexity index is 471. The lowest BCUT2D eigenvalue weighted by Gasteiger charge is -2.15. The maximum atomic E-state index is 11.6. The summed E-state index contributed by atoms with van der Waals surface area (Å²) in [6.45, 7) is 3.12. The number of carbonyl (C=O) groups excluding carboxylic acids is 1. The second-order valence-corrected chi connectivity index (χ2v) is 5.65. The number of alkyl halides is 1. The number of benzene rings is 1. The van der Waals surface area contributed by atoms with Gasteiger partial charge in [0, 0.05) is 11.8 Å². The number of carbonyl (C=O) groups is 1. The number of hydrogen-bond acceptors (Lipinski definition) is 3. The minimum absolute atomic E-state index is 0.0619. The van der Waals surface area contributed by atoms with Gasteiger partial charge in [0.15, 0.2) is 0 Å². The highest BCUT2D eigenvalue weighted by Crippen LogP contribution is 2.28. The van der Waals surface area contributed by atoms with Crippen LogP contribution < -0.4 is 5.32 Å². The molecule has 1 amide bonds. The van der Waals surface area contributed by atoms with Crippen LogP contribution in [0.5, 0.6) is 0 Å². The van der Waals surface area contributed by atoms with E-state index in [1.165, 1.54) is 18.2 Å². The summed E-state index contributed by atoms with van der Waals surface area (Å²) in [7, 11) is 0. The summed E-state index contributed by atoms with van der Waals surface area (Å²) in [6, 6.07) is 4.21. The van der Waals surface area contributed by atoms with Crippen LogP contribution in [0.15, 0.2) is 22.7 Å². The summed E-state index contributed by atoms with van der Waals surface area (Å²) in [5, 5.41) is 13.1. The zero-order chi connectivity index (χ0) is 13.2. The molecular weight excluding hydrogens is 311 g/mol. The molecule has 0 aromatic heterocycles. The highest BCUT2D eigenvalue weighted by molar-refractivity contribution is 9.10. The van der Waals surface area contributed by atoms with Crippen LogP contribution in [0.2, 0.25) is 0 Å². The van der Waals surface area contributed by atoms with Crippen LogP contribution in [0.3, 0.4) is 0 Å². The minimum Gasteiger partial charge on any atom is -0.325 e. The average Bonchev–Trinajstić information content (AvgIpc) is 2.15. The smallest absolute Gasteiger partial charge is 0.283 e. The van der Waals surface area contributed by atoms with Gasteiger partial charge in [-0.1, -0.05) is 0 Å². The Morgan fingerprint density at radius 2 is 2.12 bits per heavy atom. The van der Waals surface area contributed by atoms with Crippen molar-refractivity contribution < 1.29 is 9.72 Å². The van der Waals surface area contributed by atoms with E-state index in [4.69, 9.17) is 11.6 Å². The largest absolute Gasteiger partial charge is 0.325 e. The zero-order valence-corrected chi connectivity index (χ0v) is 11.5. The fraction of sp³-hybridized carbons (Fsp3) is 0.300.